The van der Waals surface area contributed by atoms with Gasteiger partial charge in [-0.25, -0.2) is 18.3 Å². The largest absolute Gasteiger partial charge is 0.486 e. The Balaban J connectivity index is 1.58. The highest BCUT2D eigenvalue weighted by molar-refractivity contribution is 5.83. The molecule has 7 nitrogen and oxygen atoms in total. The van der Waals surface area contributed by atoms with E-state index in [9.17, 15) is 8.78 Å². The quantitative estimate of drug-likeness (QED) is 0.585. The van der Waals surface area contributed by atoms with Crippen molar-refractivity contribution in [3.63, 3.8) is 0 Å². The number of imidazole rings is 1. The van der Waals surface area contributed by atoms with E-state index >= 15 is 0 Å². The third kappa shape index (κ3) is 2.24. The summed E-state index contributed by atoms with van der Waals surface area (Å²) in [6, 6.07) is 6.74. The number of aromatic nitrogens is 4. The number of fused-ring (bicyclic) bond motifs is 4. The summed E-state index contributed by atoms with van der Waals surface area (Å²) in [4.78, 5) is 8.66. The van der Waals surface area contributed by atoms with E-state index in [1.165, 1.54) is 0 Å². The molecular formula is C16H11F2N5O2. The van der Waals surface area contributed by atoms with E-state index in [0.29, 0.717) is 36.0 Å². The standard InChI is InChI=1S/C16H11F2N5O2/c17-8-1-2-9(18)10(5-8)19-15-21-16-20-11-6-13-14(25-4-3-24-13)7-12(11)23(16)22-15/h1-2,5-7H,3-4H2,(H2,19,20,21,22). The van der Waals surface area contributed by atoms with Crippen molar-refractivity contribution in [3.05, 3.63) is 42.0 Å². The minimum atomic E-state index is -0.583. The van der Waals surface area contributed by atoms with Crippen LogP contribution < -0.4 is 14.8 Å². The second kappa shape index (κ2) is 5.07. The monoisotopic (exact) mass is 343 g/mol. The Labute approximate surface area is 139 Å². The SMILES string of the molecule is Fc1ccc(F)c(Nc2nc3nc4cc5c(cc4n3[nH]2)OCCO5)c1. The predicted octanol–water partition coefficient (Wildman–Crippen LogP) is 3.00. The van der Waals surface area contributed by atoms with Gasteiger partial charge in [-0.05, 0) is 12.1 Å². The molecule has 4 aromatic rings. The normalized spacial score (nSPS) is 13.5. The zero-order valence-corrected chi connectivity index (χ0v) is 12.7. The van der Waals surface area contributed by atoms with Crippen LogP contribution in [0.3, 0.4) is 0 Å². The predicted molar refractivity (Wildman–Crippen MR) is 85.5 cm³/mol. The number of anilines is 2. The van der Waals surface area contributed by atoms with Gasteiger partial charge in [0.2, 0.25) is 5.95 Å². The fourth-order valence-corrected chi connectivity index (χ4v) is 2.79. The summed E-state index contributed by atoms with van der Waals surface area (Å²) in [5.74, 6) is 0.760. The Morgan fingerprint density at radius 1 is 1.04 bits per heavy atom. The average molecular weight is 343 g/mol. The molecule has 0 atom stereocenters. The minimum Gasteiger partial charge on any atom is -0.486 e. The molecule has 3 heterocycles. The molecule has 0 amide bonds. The van der Waals surface area contributed by atoms with Gasteiger partial charge >= 0.3 is 0 Å². The lowest BCUT2D eigenvalue weighted by Gasteiger charge is -2.17. The number of nitrogens with one attached hydrogen (secondary N) is 2. The summed E-state index contributed by atoms with van der Waals surface area (Å²) < 4.78 is 39.8. The summed E-state index contributed by atoms with van der Waals surface area (Å²) in [6.45, 7) is 0.977. The first-order valence-corrected chi connectivity index (χ1v) is 7.57. The molecule has 0 fully saturated rings. The van der Waals surface area contributed by atoms with Gasteiger partial charge in [0.15, 0.2) is 11.5 Å². The Kier molecular flexibility index (Phi) is 2.84. The molecule has 0 unspecified atom stereocenters. The third-order valence-electron chi connectivity index (χ3n) is 3.91. The van der Waals surface area contributed by atoms with Gasteiger partial charge in [0.1, 0.15) is 24.8 Å². The molecule has 2 aromatic carbocycles. The van der Waals surface area contributed by atoms with Crippen LogP contribution in [0.25, 0.3) is 16.8 Å². The van der Waals surface area contributed by atoms with Crippen molar-refractivity contribution in [2.45, 2.75) is 0 Å². The number of nitrogens with zero attached hydrogens (tertiary/aromatic N) is 3. The van der Waals surface area contributed by atoms with E-state index in [1.54, 1.807) is 16.6 Å². The van der Waals surface area contributed by atoms with E-state index < -0.39 is 11.6 Å². The number of halogens is 2. The summed E-state index contributed by atoms with van der Waals surface area (Å²) in [7, 11) is 0. The van der Waals surface area contributed by atoms with Crippen molar-refractivity contribution in [1.29, 1.82) is 0 Å². The first-order valence-electron chi connectivity index (χ1n) is 7.57. The molecule has 0 saturated heterocycles. The molecule has 2 N–H and O–H groups in total. The molecule has 126 valence electrons. The lowest BCUT2D eigenvalue weighted by Crippen LogP contribution is -2.15. The molecule has 0 bridgehead atoms. The number of hydrogen-bond acceptors (Lipinski definition) is 5. The molecule has 1 aliphatic heterocycles. The molecule has 0 spiro atoms. The van der Waals surface area contributed by atoms with Crippen molar-refractivity contribution in [2.75, 3.05) is 18.5 Å². The fraction of sp³-hybridized carbons (Fsp3) is 0.125. The second-order valence-corrected chi connectivity index (χ2v) is 5.55. The first-order chi connectivity index (χ1) is 12.2. The maximum atomic E-state index is 13.8. The number of hydrogen-bond donors (Lipinski definition) is 2. The van der Waals surface area contributed by atoms with Gasteiger partial charge in [0.25, 0.3) is 5.78 Å². The summed E-state index contributed by atoms with van der Waals surface area (Å²) in [5.41, 5.74) is 1.40. The maximum absolute atomic E-state index is 13.8. The number of aromatic amines is 1. The highest BCUT2D eigenvalue weighted by atomic mass is 19.1. The number of benzene rings is 2. The molecule has 5 rings (SSSR count). The molecule has 0 saturated carbocycles. The number of ether oxygens (including phenoxy) is 2. The number of rotatable bonds is 2. The van der Waals surface area contributed by atoms with Crippen molar-refractivity contribution >= 4 is 28.4 Å². The highest BCUT2D eigenvalue weighted by Gasteiger charge is 2.18. The van der Waals surface area contributed by atoms with Crippen molar-refractivity contribution in [2.24, 2.45) is 0 Å². The Hall–Kier alpha value is -3.36. The van der Waals surface area contributed by atoms with Crippen LogP contribution in [0.2, 0.25) is 0 Å². The zero-order chi connectivity index (χ0) is 17.0. The van der Waals surface area contributed by atoms with Gasteiger partial charge in [-0.3, -0.25) is 5.10 Å². The van der Waals surface area contributed by atoms with E-state index in [2.05, 4.69) is 20.4 Å². The lowest BCUT2D eigenvalue weighted by atomic mass is 10.2. The van der Waals surface area contributed by atoms with Gasteiger partial charge in [0, 0.05) is 18.2 Å². The highest BCUT2D eigenvalue weighted by Crippen LogP contribution is 2.34. The van der Waals surface area contributed by atoms with E-state index in [1.807, 2.05) is 0 Å². The van der Waals surface area contributed by atoms with Crippen LogP contribution in [-0.4, -0.2) is 32.8 Å². The van der Waals surface area contributed by atoms with Gasteiger partial charge in [-0.15, -0.1) is 0 Å². The van der Waals surface area contributed by atoms with Crippen LogP contribution in [0.15, 0.2) is 30.3 Å². The average Bonchev–Trinajstić information content (AvgIpc) is 3.13. The van der Waals surface area contributed by atoms with Crippen molar-refractivity contribution in [1.82, 2.24) is 19.6 Å². The Morgan fingerprint density at radius 2 is 1.84 bits per heavy atom. The summed E-state index contributed by atoms with van der Waals surface area (Å²) in [5, 5.41) is 5.68. The number of H-pyrrole nitrogens is 1. The van der Waals surface area contributed by atoms with E-state index in [0.717, 1.165) is 23.7 Å². The fourth-order valence-electron chi connectivity index (χ4n) is 2.79. The van der Waals surface area contributed by atoms with Crippen LogP contribution in [0, 0.1) is 11.6 Å². The minimum absolute atomic E-state index is 0.0181. The molecule has 2 aromatic heterocycles. The van der Waals surface area contributed by atoms with Crippen LogP contribution in [-0.2, 0) is 0 Å². The van der Waals surface area contributed by atoms with Crippen LogP contribution in [0.4, 0.5) is 20.4 Å². The smallest absolute Gasteiger partial charge is 0.253 e. The molecule has 25 heavy (non-hydrogen) atoms. The van der Waals surface area contributed by atoms with E-state index in [4.69, 9.17) is 9.47 Å². The van der Waals surface area contributed by atoms with Gasteiger partial charge in [0.05, 0.1) is 16.7 Å². The molecule has 0 radical (unpaired) electrons. The van der Waals surface area contributed by atoms with Gasteiger partial charge in [-0.2, -0.15) is 4.98 Å². The Morgan fingerprint density at radius 3 is 2.68 bits per heavy atom. The van der Waals surface area contributed by atoms with Crippen LogP contribution >= 0.6 is 0 Å². The second-order valence-electron chi connectivity index (χ2n) is 5.55. The van der Waals surface area contributed by atoms with E-state index in [-0.39, 0.29) is 11.6 Å². The molecular weight excluding hydrogens is 332 g/mol. The summed E-state index contributed by atoms with van der Waals surface area (Å²) >= 11 is 0. The van der Waals surface area contributed by atoms with Crippen molar-refractivity contribution in [3.8, 4) is 11.5 Å². The van der Waals surface area contributed by atoms with Gasteiger partial charge in [-0.1, -0.05) is 0 Å². The topological polar surface area (TPSA) is 76.5 Å². The molecule has 0 aliphatic carbocycles. The van der Waals surface area contributed by atoms with Crippen LogP contribution in [0.5, 0.6) is 11.5 Å². The third-order valence-corrected chi connectivity index (χ3v) is 3.91. The van der Waals surface area contributed by atoms with Crippen molar-refractivity contribution < 1.29 is 18.3 Å². The van der Waals surface area contributed by atoms with Gasteiger partial charge < -0.3 is 14.8 Å². The molecule has 1 aliphatic rings. The summed E-state index contributed by atoms with van der Waals surface area (Å²) in [6.07, 6.45) is 0. The maximum Gasteiger partial charge on any atom is 0.253 e. The Bertz CT molecular complexity index is 1120. The zero-order valence-electron chi connectivity index (χ0n) is 12.7. The molecule has 9 heteroatoms. The van der Waals surface area contributed by atoms with Crippen LogP contribution in [0.1, 0.15) is 0 Å². The lowest BCUT2D eigenvalue weighted by molar-refractivity contribution is 0.172. The first kappa shape index (κ1) is 14.0.